The lowest BCUT2D eigenvalue weighted by Crippen LogP contribution is -2.50. The van der Waals surface area contributed by atoms with Crippen LogP contribution in [-0.2, 0) is 7.05 Å². The van der Waals surface area contributed by atoms with Crippen molar-refractivity contribution in [1.29, 1.82) is 0 Å². The van der Waals surface area contributed by atoms with E-state index in [4.69, 9.17) is 0 Å². The number of nitrogens with one attached hydrogen (secondary N) is 1. The predicted octanol–water partition coefficient (Wildman–Crippen LogP) is 4.13. The van der Waals surface area contributed by atoms with Crippen LogP contribution in [0.5, 0.6) is 0 Å². The third-order valence-corrected chi connectivity index (χ3v) is 7.05. The van der Waals surface area contributed by atoms with E-state index in [1.807, 2.05) is 6.07 Å². The summed E-state index contributed by atoms with van der Waals surface area (Å²) in [5, 5.41) is 7.82. The number of aromatic nitrogens is 4. The zero-order chi connectivity index (χ0) is 25.0. The van der Waals surface area contributed by atoms with Crippen molar-refractivity contribution in [2.45, 2.75) is 25.3 Å². The van der Waals surface area contributed by atoms with Crippen LogP contribution in [0.25, 0.3) is 21.8 Å². The van der Waals surface area contributed by atoms with Crippen molar-refractivity contribution in [1.82, 2.24) is 24.6 Å². The molecule has 0 unspecified atom stereocenters. The number of piperazine rings is 1. The molecule has 2 saturated heterocycles. The van der Waals surface area contributed by atoms with Crippen molar-refractivity contribution >= 4 is 39.1 Å². The number of alkyl halides is 2. The number of rotatable bonds is 4. The predicted molar refractivity (Wildman–Crippen MR) is 130 cm³/mol. The molecule has 36 heavy (non-hydrogen) atoms. The molecule has 6 rings (SSSR count). The number of nitrogens with zero attached hydrogens (tertiary/aromatic N) is 6. The summed E-state index contributed by atoms with van der Waals surface area (Å²) >= 11 is 0. The van der Waals surface area contributed by atoms with E-state index in [1.165, 1.54) is 23.4 Å². The van der Waals surface area contributed by atoms with E-state index in [0.717, 1.165) is 38.3 Å². The van der Waals surface area contributed by atoms with Gasteiger partial charge in [0.15, 0.2) is 11.6 Å². The van der Waals surface area contributed by atoms with Crippen LogP contribution >= 0.6 is 0 Å². The van der Waals surface area contributed by atoms with E-state index < -0.39 is 24.0 Å². The van der Waals surface area contributed by atoms with Crippen LogP contribution in [0.15, 0.2) is 36.7 Å². The monoisotopic (exact) mass is 495 g/mol. The summed E-state index contributed by atoms with van der Waals surface area (Å²) in [6, 6.07) is 6.66. The van der Waals surface area contributed by atoms with E-state index in [-0.39, 0.29) is 22.3 Å². The summed E-state index contributed by atoms with van der Waals surface area (Å²) in [4.78, 5) is 25.9. The number of halogens is 3. The van der Waals surface area contributed by atoms with E-state index >= 15 is 0 Å². The van der Waals surface area contributed by atoms with Gasteiger partial charge in [-0.2, -0.15) is 5.10 Å². The molecule has 1 N–H and O–H groups in total. The smallest absolute Gasteiger partial charge is 0.297 e. The van der Waals surface area contributed by atoms with Crippen LogP contribution in [0.4, 0.5) is 24.5 Å². The molecule has 2 fully saturated rings. The molecule has 8 nitrogen and oxygen atoms in total. The van der Waals surface area contributed by atoms with Crippen LogP contribution in [0.2, 0.25) is 0 Å². The molecular formula is C25H24F3N7O. The molecule has 0 aliphatic carbocycles. The number of fused-ring (bicyclic) bond motifs is 3. The van der Waals surface area contributed by atoms with Crippen molar-refractivity contribution in [2.75, 3.05) is 36.4 Å². The average molecular weight is 496 g/mol. The number of carbonyl (C=O) groups is 1. The lowest BCUT2D eigenvalue weighted by atomic mass is 10.0. The zero-order valence-corrected chi connectivity index (χ0v) is 19.6. The molecule has 0 saturated carbocycles. The van der Waals surface area contributed by atoms with Gasteiger partial charge in [0, 0.05) is 67.3 Å². The molecular weight excluding hydrogens is 471 g/mol. The number of anilines is 2. The molecule has 0 radical (unpaired) electrons. The first-order valence-corrected chi connectivity index (χ1v) is 11.9. The largest absolute Gasteiger partial charge is 0.368 e. The molecule has 2 aliphatic rings. The highest BCUT2D eigenvalue weighted by atomic mass is 19.3. The first-order chi connectivity index (χ1) is 17.4. The van der Waals surface area contributed by atoms with Gasteiger partial charge in [-0.1, -0.05) is 0 Å². The highest BCUT2D eigenvalue weighted by molar-refractivity contribution is 6.14. The molecule has 2 aliphatic heterocycles. The highest BCUT2D eigenvalue weighted by Gasteiger charge is 2.31. The minimum absolute atomic E-state index is 0.115. The van der Waals surface area contributed by atoms with Gasteiger partial charge < -0.3 is 10.2 Å². The molecule has 11 heteroatoms. The van der Waals surface area contributed by atoms with Gasteiger partial charge in [0.25, 0.3) is 12.3 Å². The molecule has 1 atom stereocenters. The van der Waals surface area contributed by atoms with Crippen LogP contribution in [0.1, 0.15) is 35.4 Å². The van der Waals surface area contributed by atoms with E-state index in [1.54, 1.807) is 25.4 Å². The van der Waals surface area contributed by atoms with Crippen LogP contribution in [0.3, 0.4) is 0 Å². The van der Waals surface area contributed by atoms with E-state index in [0.29, 0.717) is 16.8 Å². The maximum Gasteiger partial charge on any atom is 0.297 e. The number of benzene rings is 2. The maximum absolute atomic E-state index is 14.5. The molecule has 2 aromatic heterocycles. The van der Waals surface area contributed by atoms with Crippen molar-refractivity contribution in [3.63, 3.8) is 0 Å². The Hall–Kier alpha value is -3.73. The lowest BCUT2D eigenvalue weighted by Gasteiger charge is -2.39. The average Bonchev–Trinajstić information content (AvgIpc) is 3.48. The fourth-order valence-corrected chi connectivity index (χ4v) is 5.38. The third kappa shape index (κ3) is 3.93. The minimum atomic E-state index is -2.88. The standard InChI is InChI=1S/C25H24F3N7O/c1-33-12-14-9-15(10-19(26)21(14)32-33)30-25(36)17-4-5-20(18-11-29-24(23(27)28)31-22(17)18)35-8-7-34-6-2-3-16(34)13-35/h4-5,9-12,16,23H,2-3,6-8,13H2,1H3,(H,30,36)/t16-/m0/s1. The Bertz CT molecular complexity index is 1490. The normalized spacial score (nSPS) is 18.4. The fourth-order valence-electron chi connectivity index (χ4n) is 5.38. The Labute approximate surface area is 204 Å². The van der Waals surface area contributed by atoms with Gasteiger partial charge in [-0.05, 0) is 43.7 Å². The van der Waals surface area contributed by atoms with Gasteiger partial charge in [0.2, 0.25) is 0 Å². The summed E-state index contributed by atoms with van der Waals surface area (Å²) in [5.41, 5.74) is 1.51. The Kier molecular flexibility index (Phi) is 5.51. The molecule has 4 heterocycles. The molecule has 0 bridgehead atoms. The Morgan fingerprint density at radius 1 is 1.17 bits per heavy atom. The zero-order valence-electron chi connectivity index (χ0n) is 19.6. The van der Waals surface area contributed by atoms with Gasteiger partial charge >= 0.3 is 0 Å². The first-order valence-electron chi connectivity index (χ1n) is 11.9. The fraction of sp³-hybridized carbons (Fsp3) is 0.360. The number of carbonyl (C=O) groups excluding carboxylic acids is 1. The van der Waals surface area contributed by atoms with Gasteiger partial charge in [-0.15, -0.1) is 0 Å². The quantitative estimate of drug-likeness (QED) is 0.459. The van der Waals surface area contributed by atoms with Crippen LogP contribution < -0.4 is 10.2 Å². The lowest BCUT2D eigenvalue weighted by molar-refractivity contribution is 0.102. The Morgan fingerprint density at radius 3 is 2.86 bits per heavy atom. The number of aryl methyl sites for hydroxylation is 1. The SMILES string of the molecule is Cn1cc2cc(NC(=O)c3ccc(N4CCN5CCC[C@H]5C4)c4cnc(C(F)F)nc34)cc(F)c2n1. The topological polar surface area (TPSA) is 79.2 Å². The Balaban J connectivity index is 1.38. The second kappa shape index (κ2) is 8.74. The minimum Gasteiger partial charge on any atom is -0.368 e. The van der Waals surface area contributed by atoms with Crippen LogP contribution in [0, 0.1) is 5.82 Å². The van der Waals surface area contributed by atoms with Gasteiger partial charge in [-0.3, -0.25) is 14.4 Å². The van der Waals surface area contributed by atoms with Crippen molar-refractivity contribution < 1.29 is 18.0 Å². The second-order valence-electron chi connectivity index (χ2n) is 9.35. The second-order valence-corrected chi connectivity index (χ2v) is 9.35. The summed E-state index contributed by atoms with van der Waals surface area (Å²) in [6.45, 7) is 3.64. The third-order valence-electron chi connectivity index (χ3n) is 7.05. The van der Waals surface area contributed by atoms with Crippen LogP contribution in [-0.4, -0.2) is 62.8 Å². The number of hydrogen-bond acceptors (Lipinski definition) is 6. The molecule has 4 aromatic rings. The van der Waals surface area contributed by atoms with Gasteiger partial charge in [0.05, 0.1) is 11.1 Å². The maximum atomic E-state index is 14.5. The molecule has 0 spiro atoms. The number of amides is 1. The van der Waals surface area contributed by atoms with E-state index in [2.05, 4.69) is 30.2 Å². The number of hydrogen-bond donors (Lipinski definition) is 1. The summed E-state index contributed by atoms with van der Waals surface area (Å²) in [7, 11) is 1.68. The Morgan fingerprint density at radius 2 is 2.03 bits per heavy atom. The van der Waals surface area contributed by atoms with Crippen molar-refractivity contribution in [2.24, 2.45) is 7.05 Å². The summed E-state index contributed by atoms with van der Waals surface area (Å²) in [6.07, 6.45) is 2.43. The van der Waals surface area contributed by atoms with Crippen molar-refractivity contribution in [3.8, 4) is 0 Å². The first kappa shape index (κ1) is 22.7. The molecule has 1 amide bonds. The highest BCUT2D eigenvalue weighted by Crippen LogP contribution is 2.33. The summed E-state index contributed by atoms with van der Waals surface area (Å²) in [5.74, 6) is -1.79. The molecule has 186 valence electrons. The van der Waals surface area contributed by atoms with Crippen molar-refractivity contribution in [3.05, 3.63) is 53.9 Å². The summed E-state index contributed by atoms with van der Waals surface area (Å²) < 4.78 is 43.0. The van der Waals surface area contributed by atoms with E-state index in [9.17, 15) is 18.0 Å². The van der Waals surface area contributed by atoms with Gasteiger partial charge in [0.1, 0.15) is 5.52 Å². The molecule has 2 aromatic carbocycles. The van der Waals surface area contributed by atoms with Gasteiger partial charge in [-0.25, -0.2) is 23.1 Å².